The quantitative estimate of drug-likeness (QED) is 0.819. The van der Waals surface area contributed by atoms with Gasteiger partial charge in [0.15, 0.2) is 0 Å². The molecule has 4 rings (SSSR count). The molecule has 0 aromatic carbocycles. The molecule has 1 saturated heterocycles. The predicted octanol–water partition coefficient (Wildman–Crippen LogP) is 1.71. The number of hydrogen-bond donors (Lipinski definition) is 2. The van der Waals surface area contributed by atoms with Crippen molar-refractivity contribution in [2.45, 2.75) is 57.0 Å². The van der Waals surface area contributed by atoms with Gasteiger partial charge in [-0.25, -0.2) is 0 Å². The van der Waals surface area contributed by atoms with E-state index in [1.807, 2.05) is 0 Å². The highest BCUT2D eigenvalue weighted by Gasteiger charge is 2.36. The number of piperazine rings is 1. The van der Waals surface area contributed by atoms with Gasteiger partial charge in [-0.05, 0) is 50.2 Å². The molecule has 0 radical (unpaired) electrons. The molecule has 3 aliphatic rings. The molecule has 1 unspecified atom stereocenters. The lowest BCUT2D eigenvalue weighted by molar-refractivity contribution is -0.126. The molecule has 130 valence electrons. The zero-order valence-corrected chi connectivity index (χ0v) is 14.8. The standard InChI is InChI=1S/C18H25N3O2S/c22-17(20-13-6-7-13)14-11-19-8-9-21(14)18(23)16-10-12-4-2-1-3-5-15(12)24-16/h10,13-14,19H,1-9,11H2,(H,20,22). The Hall–Kier alpha value is -1.40. The first kappa shape index (κ1) is 16.1. The van der Waals surface area contributed by atoms with E-state index in [0.717, 1.165) is 37.1 Å². The predicted molar refractivity (Wildman–Crippen MR) is 94.4 cm³/mol. The molecule has 1 aromatic heterocycles. The van der Waals surface area contributed by atoms with Gasteiger partial charge in [0, 0.05) is 30.6 Å². The maximum absolute atomic E-state index is 13.0. The molecule has 24 heavy (non-hydrogen) atoms. The highest BCUT2D eigenvalue weighted by atomic mass is 32.1. The van der Waals surface area contributed by atoms with Gasteiger partial charge in [0.25, 0.3) is 5.91 Å². The number of rotatable bonds is 3. The second kappa shape index (κ2) is 6.84. The van der Waals surface area contributed by atoms with Crippen molar-refractivity contribution in [2.75, 3.05) is 19.6 Å². The van der Waals surface area contributed by atoms with E-state index >= 15 is 0 Å². The number of aryl methyl sites for hydroxylation is 2. The number of nitrogens with one attached hydrogen (secondary N) is 2. The first-order valence-electron chi connectivity index (χ1n) is 9.16. The van der Waals surface area contributed by atoms with Crippen LogP contribution in [0.5, 0.6) is 0 Å². The summed E-state index contributed by atoms with van der Waals surface area (Å²) < 4.78 is 0. The second-order valence-corrected chi connectivity index (χ2v) is 8.26. The fraction of sp³-hybridized carbons (Fsp3) is 0.667. The van der Waals surface area contributed by atoms with E-state index in [-0.39, 0.29) is 17.9 Å². The van der Waals surface area contributed by atoms with Crippen LogP contribution in [-0.4, -0.2) is 48.4 Å². The average Bonchev–Trinajstić information content (AvgIpc) is 3.37. The Balaban J connectivity index is 1.51. The largest absolute Gasteiger partial charge is 0.352 e. The number of hydrogen-bond acceptors (Lipinski definition) is 4. The normalized spacial score (nSPS) is 24.2. The van der Waals surface area contributed by atoms with Gasteiger partial charge in [-0.15, -0.1) is 11.3 Å². The minimum Gasteiger partial charge on any atom is -0.352 e. The Morgan fingerprint density at radius 3 is 2.88 bits per heavy atom. The summed E-state index contributed by atoms with van der Waals surface area (Å²) in [5.74, 6) is 0.0293. The van der Waals surface area contributed by atoms with E-state index in [1.54, 1.807) is 16.2 Å². The number of thiophene rings is 1. The van der Waals surface area contributed by atoms with Gasteiger partial charge in [0.05, 0.1) is 4.88 Å². The van der Waals surface area contributed by atoms with Crippen LogP contribution >= 0.6 is 11.3 Å². The van der Waals surface area contributed by atoms with Crippen molar-refractivity contribution in [1.82, 2.24) is 15.5 Å². The first-order valence-corrected chi connectivity index (χ1v) is 9.97. The van der Waals surface area contributed by atoms with Gasteiger partial charge in [0.1, 0.15) is 6.04 Å². The summed E-state index contributed by atoms with van der Waals surface area (Å²) in [4.78, 5) is 29.5. The van der Waals surface area contributed by atoms with E-state index in [0.29, 0.717) is 19.1 Å². The Labute approximate surface area is 146 Å². The molecule has 0 bridgehead atoms. The van der Waals surface area contributed by atoms with Crippen molar-refractivity contribution in [3.63, 3.8) is 0 Å². The van der Waals surface area contributed by atoms with Gasteiger partial charge in [0.2, 0.25) is 5.91 Å². The molecule has 2 amide bonds. The summed E-state index contributed by atoms with van der Waals surface area (Å²) in [6.45, 7) is 1.91. The van der Waals surface area contributed by atoms with Gasteiger partial charge in [-0.2, -0.15) is 0 Å². The van der Waals surface area contributed by atoms with E-state index in [2.05, 4.69) is 16.7 Å². The minimum absolute atomic E-state index is 0.00355. The van der Waals surface area contributed by atoms with Crippen molar-refractivity contribution >= 4 is 23.2 Å². The molecule has 2 aliphatic carbocycles. The van der Waals surface area contributed by atoms with Crippen molar-refractivity contribution in [2.24, 2.45) is 0 Å². The third-order valence-electron chi connectivity index (χ3n) is 5.19. The molecule has 0 spiro atoms. The van der Waals surface area contributed by atoms with E-state index in [9.17, 15) is 9.59 Å². The lowest BCUT2D eigenvalue weighted by atomic mass is 10.1. The Bertz CT molecular complexity index is 615. The summed E-state index contributed by atoms with van der Waals surface area (Å²) in [6, 6.07) is 2.04. The molecule has 1 aromatic rings. The maximum atomic E-state index is 13.0. The SMILES string of the molecule is O=C(NC1CC1)C1CNCCN1C(=O)c1cc2c(s1)CCCCC2. The number of carbonyl (C=O) groups excluding carboxylic acids is 2. The van der Waals surface area contributed by atoms with E-state index < -0.39 is 0 Å². The Morgan fingerprint density at radius 1 is 1.21 bits per heavy atom. The lowest BCUT2D eigenvalue weighted by Gasteiger charge is -2.35. The molecule has 6 heteroatoms. The molecule has 1 saturated carbocycles. The van der Waals surface area contributed by atoms with E-state index in [4.69, 9.17) is 0 Å². The zero-order chi connectivity index (χ0) is 16.5. The van der Waals surface area contributed by atoms with Gasteiger partial charge in [-0.3, -0.25) is 9.59 Å². The lowest BCUT2D eigenvalue weighted by Crippen LogP contribution is -2.59. The highest BCUT2D eigenvalue weighted by molar-refractivity contribution is 7.14. The smallest absolute Gasteiger partial charge is 0.264 e. The Morgan fingerprint density at radius 2 is 2.04 bits per heavy atom. The number of nitrogens with zero attached hydrogens (tertiary/aromatic N) is 1. The summed E-state index contributed by atoms with van der Waals surface area (Å²) in [5, 5.41) is 6.30. The average molecular weight is 347 g/mol. The van der Waals surface area contributed by atoms with Gasteiger partial charge >= 0.3 is 0 Å². The molecular weight excluding hydrogens is 322 g/mol. The van der Waals surface area contributed by atoms with Crippen LogP contribution in [0, 0.1) is 0 Å². The molecule has 2 heterocycles. The third kappa shape index (κ3) is 3.35. The maximum Gasteiger partial charge on any atom is 0.264 e. The highest BCUT2D eigenvalue weighted by Crippen LogP contribution is 2.30. The fourth-order valence-electron chi connectivity index (χ4n) is 3.62. The van der Waals surface area contributed by atoms with Crippen LogP contribution in [0.3, 0.4) is 0 Å². The fourth-order valence-corrected chi connectivity index (χ4v) is 4.83. The number of amides is 2. The summed E-state index contributed by atoms with van der Waals surface area (Å²) in [7, 11) is 0. The zero-order valence-electron chi connectivity index (χ0n) is 14.0. The minimum atomic E-state index is -0.381. The molecule has 5 nitrogen and oxygen atoms in total. The third-order valence-corrected chi connectivity index (χ3v) is 6.41. The molecule has 1 aliphatic heterocycles. The van der Waals surface area contributed by atoms with Crippen molar-refractivity contribution in [3.05, 3.63) is 21.4 Å². The first-order chi connectivity index (χ1) is 11.7. The van der Waals surface area contributed by atoms with Crippen LogP contribution in [0.2, 0.25) is 0 Å². The molecular formula is C18H25N3O2S. The van der Waals surface area contributed by atoms with Crippen molar-refractivity contribution in [3.8, 4) is 0 Å². The second-order valence-electron chi connectivity index (χ2n) is 7.12. The monoisotopic (exact) mass is 347 g/mol. The summed E-state index contributed by atoms with van der Waals surface area (Å²) in [6.07, 6.45) is 8.05. The Kier molecular flexibility index (Phi) is 4.59. The molecule has 2 fully saturated rings. The molecule has 2 N–H and O–H groups in total. The number of carbonyl (C=O) groups is 2. The summed E-state index contributed by atoms with van der Waals surface area (Å²) >= 11 is 1.65. The van der Waals surface area contributed by atoms with Crippen LogP contribution in [0.25, 0.3) is 0 Å². The van der Waals surface area contributed by atoms with Gasteiger partial charge in [-0.1, -0.05) is 6.42 Å². The number of fused-ring (bicyclic) bond motifs is 1. The van der Waals surface area contributed by atoms with Crippen LogP contribution in [0.15, 0.2) is 6.07 Å². The van der Waals surface area contributed by atoms with Crippen LogP contribution in [0.4, 0.5) is 0 Å². The topological polar surface area (TPSA) is 61.4 Å². The van der Waals surface area contributed by atoms with E-state index in [1.165, 1.54) is 29.7 Å². The van der Waals surface area contributed by atoms with Crippen LogP contribution in [0.1, 0.15) is 52.2 Å². The molecule has 1 atom stereocenters. The van der Waals surface area contributed by atoms with Gasteiger partial charge < -0.3 is 15.5 Å². The van der Waals surface area contributed by atoms with Crippen molar-refractivity contribution in [1.29, 1.82) is 0 Å². The van der Waals surface area contributed by atoms with Crippen molar-refractivity contribution < 1.29 is 9.59 Å². The van der Waals surface area contributed by atoms with Crippen LogP contribution in [-0.2, 0) is 17.6 Å². The summed E-state index contributed by atoms with van der Waals surface area (Å²) in [5.41, 5.74) is 1.36. The van der Waals surface area contributed by atoms with Crippen LogP contribution < -0.4 is 10.6 Å².